The van der Waals surface area contributed by atoms with Crippen LogP contribution >= 0.6 is 22.9 Å². The molecule has 0 N–H and O–H groups in total. The number of fused-ring (bicyclic) bond motifs is 1. The van der Waals surface area contributed by atoms with Gasteiger partial charge >= 0.3 is 5.97 Å². The van der Waals surface area contributed by atoms with Crippen molar-refractivity contribution in [2.45, 2.75) is 13.5 Å². The maximum atomic E-state index is 12.2. The van der Waals surface area contributed by atoms with Gasteiger partial charge in [0.2, 0.25) is 0 Å². The number of rotatable bonds is 3. The van der Waals surface area contributed by atoms with Crippen LogP contribution in [0.15, 0.2) is 36.7 Å². The summed E-state index contributed by atoms with van der Waals surface area (Å²) < 4.78 is 5.34. The Morgan fingerprint density at radius 1 is 1.29 bits per heavy atom. The number of esters is 1. The van der Waals surface area contributed by atoms with Crippen molar-refractivity contribution < 1.29 is 9.53 Å². The molecule has 21 heavy (non-hydrogen) atoms. The number of hydrogen-bond donors (Lipinski definition) is 0. The fourth-order valence-corrected chi connectivity index (χ4v) is 3.39. The summed E-state index contributed by atoms with van der Waals surface area (Å²) in [6, 6.07) is 9.55. The minimum atomic E-state index is -0.365. The van der Waals surface area contributed by atoms with Crippen molar-refractivity contribution in [2.24, 2.45) is 0 Å². The average molecular weight is 319 g/mol. The molecule has 106 valence electrons. The Labute approximate surface area is 130 Å². The van der Waals surface area contributed by atoms with Gasteiger partial charge < -0.3 is 4.74 Å². The summed E-state index contributed by atoms with van der Waals surface area (Å²) in [5, 5.41) is 1.08. The van der Waals surface area contributed by atoms with Crippen molar-refractivity contribution in [1.82, 2.24) is 9.97 Å². The normalized spacial score (nSPS) is 10.8. The smallest absolute Gasteiger partial charge is 0.349 e. The van der Waals surface area contributed by atoms with Crippen LogP contribution in [-0.4, -0.2) is 15.9 Å². The van der Waals surface area contributed by atoms with Crippen molar-refractivity contribution in [2.75, 3.05) is 0 Å². The number of nitrogens with zero attached hydrogens (tertiary/aromatic N) is 2. The van der Waals surface area contributed by atoms with Crippen LogP contribution < -0.4 is 0 Å². The first-order valence-electron chi connectivity index (χ1n) is 6.27. The molecule has 0 bridgehead atoms. The van der Waals surface area contributed by atoms with Crippen LogP contribution in [0.5, 0.6) is 0 Å². The van der Waals surface area contributed by atoms with Gasteiger partial charge in [-0.25, -0.2) is 14.8 Å². The van der Waals surface area contributed by atoms with Gasteiger partial charge in [-0.3, -0.25) is 0 Å². The van der Waals surface area contributed by atoms with Crippen LogP contribution in [0.4, 0.5) is 0 Å². The summed E-state index contributed by atoms with van der Waals surface area (Å²) in [6.45, 7) is 2.07. The predicted molar refractivity (Wildman–Crippen MR) is 82.7 cm³/mol. The van der Waals surface area contributed by atoms with E-state index in [1.807, 2.05) is 37.3 Å². The summed E-state index contributed by atoms with van der Waals surface area (Å²) in [7, 11) is 0. The van der Waals surface area contributed by atoms with E-state index in [1.165, 1.54) is 17.7 Å². The second kappa shape index (κ2) is 5.79. The summed E-state index contributed by atoms with van der Waals surface area (Å²) in [4.78, 5) is 21.5. The molecule has 0 aliphatic rings. The van der Waals surface area contributed by atoms with Gasteiger partial charge in [-0.15, -0.1) is 11.3 Å². The van der Waals surface area contributed by atoms with E-state index in [2.05, 4.69) is 9.97 Å². The van der Waals surface area contributed by atoms with E-state index in [0.29, 0.717) is 14.9 Å². The molecule has 3 rings (SSSR count). The highest BCUT2D eigenvalue weighted by Crippen LogP contribution is 2.33. The first kappa shape index (κ1) is 14.0. The predicted octanol–water partition coefficient (Wildman–Crippen LogP) is 4.01. The van der Waals surface area contributed by atoms with E-state index in [9.17, 15) is 4.79 Å². The molecule has 0 saturated carbocycles. The molecule has 0 aliphatic carbocycles. The molecule has 2 heterocycles. The largest absolute Gasteiger partial charge is 0.457 e. The van der Waals surface area contributed by atoms with Crippen LogP contribution in [0.3, 0.4) is 0 Å². The second-order valence-electron chi connectivity index (χ2n) is 4.46. The average Bonchev–Trinajstić information content (AvgIpc) is 2.84. The summed E-state index contributed by atoms with van der Waals surface area (Å²) in [5.41, 5.74) is 1.71. The summed E-state index contributed by atoms with van der Waals surface area (Å²) in [5.74, 6) is -0.365. The molecule has 0 amide bonds. The fourth-order valence-electron chi connectivity index (χ4n) is 2.01. The Bertz CT molecular complexity index is 802. The van der Waals surface area contributed by atoms with E-state index >= 15 is 0 Å². The van der Waals surface area contributed by atoms with Crippen molar-refractivity contribution in [3.05, 3.63) is 57.8 Å². The van der Waals surface area contributed by atoms with Gasteiger partial charge in [-0.05, 0) is 18.1 Å². The van der Waals surface area contributed by atoms with Gasteiger partial charge in [0, 0.05) is 0 Å². The Morgan fingerprint density at radius 3 is 2.76 bits per heavy atom. The van der Waals surface area contributed by atoms with Crippen molar-refractivity contribution >= 4 is 39.1 Å². The van der Waals surface area contributed by atoms with Gasteiger partial charge in [-0.1, -0.05) is 41.9 Å². The molecular formula is C15H11ClN2O2S. The minimum Gasteiger partial charge on any atom is -0.457 e. The third-order valence-electron chi connectivity index (χ3n) is 3.08. The minimum absolute atomic E-state index is 0.243. The number of hydrogen-bond acceptors (Lipinski definition) is 5. The summed E-state index contributed by atoms with van der Waals surface area (Å²) >= 11 is 7.33. The number of ether oxygens (including phenoxy) is 1. The molecule has 4 nitrogen and oxygen atoms in total. The molecule has 0 spiro atoms. The molecule has 1 aromatic carbocycles. The van der Waals surface area contributed by atoms with Crippen LogP contribution in [-0.2, 0) is 11.3 Å². The van der Waals surface area contributed by atoms with Crippen molar-refractivity contribution in [3.63, 3.8) is 0 Å². The first-order chi connectivity index (χ1) is 10.2. The zero-order valence-electron chi connectivity index (χ0n) is 11.2. The zero-order valence-corrected chi connectivity index (χ0v) is 12.7. The van der Waals surface area contributed by atoms with Gasteiger partial charge in [0.15, 0.2) is 0 Å². The lowest BCUT2D eigenvalue weighted by molar-refractivity contribution is 0.0478. The maximum Gasteiger partial charge on any atom is 0.349 e. The standard InChI is InChI=1S/C15H11ClN2O2S/c1-9-11-13(16)17-8-18-14(11)21-12(9)15(19)20-7-10-5-3-2-4-6-10/h2-6,8H,7H2,1H3. The number of halogens is 1. The lowest BCUT2D eigenvalue weighted by Gasteiger charge is -2.04. The Kier molecular flexibility index (Phi) is 3.86. The molecular weight excluding hydrogens is 308 g/mol. The van der Waals surface area contributed by atoms with E-state index in [1.54, 1.807) is 0 Å². The Morgan fingerprint density at radius 2 is 2.05 bits per heavy atom. The molecule has 0 aliphatic heterocycles. The molecule has 0 fully saturated rings. The van der Waals surface area contributed by atoms with E-state index in [0.717, 1.165) is 16.5 Å². The van der Waals surface area contributed by atoms with Gasteiger partial charge in [0.05, 0.1) is 5.39 Å². The van der Waals surface area contributed by atoms with E-state index in [-0.39, 0.29) is 12.6 Å². The van der Waals surface area contributed by atoms with E-state index < -0.39 is 0 Å². The third-order valence-corrected chi connectivity index (χ3v) is 4.55. The first-order valence-corrected chi connectivity index (χ1v) is 7.47. The van der Waals surface area contributed by atoms with Crippen molar-refractivity contribution in [3.8, 4) is 0 Å². The highest BCUT2D eigenvalue weighted by atomic mass is 35.5. The molecule has 6 heteroatoms. The van der Waals surface area contributed by atoms with Gasteiger partial charge in [0.1, 0.15) is 27.8 Å². The molecule has 0 unspecified atom stereocenters. The number of benzene rings is 1. The number of aromatic nitrogens is 2. The van der Waals surface area contributed by atoms with Crippen LogP contribution in [0.2, 0.25) is 5.15 Å². The number of carbonyl (C=O) groups is 1. The summed E-state index contributed by atoms with van der Waals surface area (Å²) in [6.07, 6.45) is 1.39. The molecule has 0 atom stereocenters. The van der Waals surface area contributed by atoms with Gasteiger partial charge in [0.25, 0.3) is 0 Å². The van der Waals surface area contributed by atoms with Crippen molar-refractivity contribution in [1.29, 1.82) is 0 Å². The lowest BCUT2D eigenvalue weighted by atomic mass is 10.2. The quantitative estimate of drug-likeness (QED) is 0.541. The van der Waals surface area contributed by atoms with Crippen LogP contribution in [0, 0.1) is 6.92 Å². The molecule has 0 radical (unpaired) electrons. The van der Waals surface area contributed by atoms with E-state index in [4.69, 9.17) is 16.3 Å². The molecule has 0 saturated heterocycles. The third kappa shape index (κ3) is 2.75. The Hall–Kier alpha value is -1.98. The fraction of sp³-hybridized carbons (Fsp3) is 0.133. The lowest BCUT2D eigenvalue weighted by Crippen LogP contribution is -2.04. The topological polar surface area (TPSA) is 52.1 Å². The molecule has 3 aromatic rings. The number of aryl methyl sites for hydroxylation is 1. The SMILES string of the molecule is Cc1c(C(=O)OCc2ccccc2)sc2ncnc(Cl)c12. The maximum absolute atomic E-state index is 12.2. The second-order valence-corrected chi connectivity index (χ2v) is 5.82. The van der Waals surface area contributed by atoms with Crippen LogP contribution in [0.1, 0.15) is 20.8 Å². The van der Waals surface area contributed by atoms with Crippen LogP contribution in [0.25, 0.3) is 10.2 Å². The molecule has 2 aromatic heterocycles. The Balaban J connectivity index is 1.85. The zero-order chi connectivity index (χ0) is 14.8. The highest BCUT2D eigenvalue weighted by molar-refractivity contribution is 7.20. The van der Waals surface area contributed by atoms with Gasteiger partial charge in [-0.2, -0.15) is 0 Å². The number of carbonyl (C=O) groups excluding carboxylic acids is 1. The number of thiophene rings is 1. The highest BCUT2D eigenvalue weighted by Gasteiger charge is 2.19. The monoisotopic (exact) mass is 318 g/mol.